The Morgan fingerprint density at radius 3 is 2.10 bits per heavy atom. The van der Waals surface area contributed by atoms with Gasteiger partial charge in [-0.2, -0.15) is 0 Å². The van der Waals surface area contributed by atoms with Crippen molar-refractivity contribution in [1.29, 1.82) is 0 Å². The molecule has 1 atom stereocenters. The van der Waals surface area contributed by atoms with Crippen molar-refractivity contribution in [3.63, 3.8) is 0 Å². The third-order valence-corrected chi connectivity index (χ3v) is 3.08. The lowest BCUT2D eigenvalue weighted by Gasteiger charge is -2.33. The molecule has 4 heteroatoms. The summed E-state index contributed by atoms with van der Waals surface area (Å²) in [5, 5.41) is 15.3. The minimum atomic E-state index is -0.501. The van der Waals surface area contributed by atoms with Crippen molar-refractivity contribution in [2.45, 2.75) is 59.6 Å². The molecule has 0 bridgehead atoms. The molecule has 0 saturated carbocycles. The Morgan fingerprint density at radius 2 is 1.67 bits per heavy atom. The predicted octanol–water partition coefficient (Wildman–Crippen LogP) is 4.08. The number of hydrogen-bond acceptors (Lipinski definition) is 2. The molecular formula is C17H28N2O2. The molecule has 0 aliphatic heterocycles. The van der Waals surface area contributed by atoms with Crippen LogP contribution in [0.2, 0.25) is 0 Å². The zero-order valence-corrected chi connectivity index (χ0v) is 13.9. The fourth-order valence-corrected chi connectivity index (χ4v) is 2.68. The minimum absolute atomic E-state index is 0.149. The Kier molecular flexibility index (Phi) is 5.40. The van der Waals surface area contributed by atoms with Crippen molar-refractivity contribution < 1.29 is 9.90 Å². The molecule has 0 spiro atoms. The van der Waals surface area contributed by atoms with E-state index in [0.29, 0.717) is 5.69 Å². The summed E-state index contributed by atoms with van der Waals surface area (Å²) < 4.78 is 0. The number of nitrogens with one attached hydrogen (secondary N) is 2. The summed E-state index contributed by atoms with van der Waals surface area (Å²) in [6.45, 7) is 12.2. The van der Waals surface area contributed by atoms with Gasteiger partial charge in [-0.15, -0.1) is 0 Å². The van der Waals surface area contributed by atoms with Gasteiger partial charge in [-0.3, -0.25) is 0 Å². The Bertz CT molecular complexity index is 471. The van der Waals surface area contributed by atoms with E-state index in [1.54, 1.807) is 31.2 Å². The summed E-state index contributed by atoms with van der Waals surface area (Å²) in [6, 6.07) is 6.98. The molecule has 0 heterocycles. The first-order valence-corrected chi connectivity index (χ1v) is 7.36. The van der Waals surface area contributed by atoms with E-state index in [1.165, 1.54) is 0 Å². The highest BCUT2D eigenvalue weighted by Gasteiger charge is 2.26. The van der Waals surface area contributed by atoms with Crippen LogP contribution in [0.15, 0.2) is 24.3 Å². The summed E-state index contributed by atoms with van der Waals surface area (Å²) in [5.74, 6) is 0. The van der Waals surface area contributed by atoms with Gasteiger partial charge in [0, 0.05) is 11.2 Å². The maximum absolute atomic E-state index is 12.1. The van der Waals surface area contributed by atoms with Gasteiger partial charge in [0.1, 0.15) is 0 Å². The zero-order chi connectivity index (χ0) is 16.3. The molecule has 0 saturated heterocycles. The Labute approximate surface area is 128 Å². The fraction of sp³-hybridized carbons (Fsp3) is 0.588. The average Bonchev–Trinajstić information content (AvgIpc) is 2.24. The van der Waals surface area contributed by atoms with E-state index in [-0.39, 0.29) is 17.0 Å². The zero-order valence-electron chi connectivity index (χ0n) is 13.9. The van der Waals surface area contributed by atoms with E-state index < -0.39 is 6.10 Å². The number of rotatable bonds is 4. The highest BCUT2D eigenvalue weighted by atomic mass is 16.3. The number of hydrogen-bond donors (Lipinski definition) is 3. The number of anilines is 1. The highest BCUT2D eigenvalue weighted by Crippen LogP contribution is 2.26. The molecule has 0 radical (unpaired) electrons. The molecule has 1 unspecified atom stereocenters. The van der Waals surface area contributed by atoms with Gasteiger partial charge in [-0.25, -0.2) is 4.79 Å². The smallest absolute Gasteiger partial charge is 0.319 e. The summed E-state index contributed by atoms with van der Waals surface area (Å²) >= 11 is 0. The lowest BCUT2D eigenvalue weighted by atomic mass is 9.82. The number of amides is 2. The molecule has 4 nitrogen and oxygen atoms in total. The molecule has 0 aliphatic carbocycles. The molecular weight excluding hydrogens is 264 g/mol. The van der Waals surface area contributed by atoms with E-state index >= 15 is 0 Å². The van der Waals surface area contributed by atoms with Gasteiger partial charge in [0.25, 0.3) is 0 Å². The van der Waals surface area contributed by atoms with Crippen molar-refractivity contribution in [2.75, 3.05) is 5.32 Å². The van der Waals surface area contributed by atoms with Crippen LogP contribution >= 0.6 is 0 Å². The van der Waals surface area contributed by atoms with Crippen LogP contribution in [0.1, 0.15) is 59.6 Å². The average molecular weight is 292 g/mol. The number of urea groups is 1. The summed E-state index contributed by atoms with van der Waals surface area (Å²) in [5.41, 5.74) is 1.41. The second-order valence-corrected chi connectivity index (χ2v) is 7.50. The molecule has 118 valence electrons. The van der Waals surface area contributed by atoms with Crippen molar-refractivity contribution in [3.05, 3.63) is 29.8 Å². The van der Waals surface area contributed by atoms with E-state index in [0.717, 1.165) is 12.0 Å². The van der Waals surface area contributed by atoms with Gasteiger partial charge in [-0.05, 0) is 50.3 Å². The van der Waals surface area contributed by atoms with Crippen LogP contribution in [0.3, 0.4) is 0 Å². The van der Waals surface area contributed by atoms with Crippen LogP contribution in [0.5, 0.6) is 0 Å². The van der Waals surface area contributed by atoms with Crippen LogP contribution < -0.4 is 10.6 Å². The van der Waals surface area contributed by atoms with Gasteiger partial charge in [0.15, 0.2) is 0 Å². The summed E-state index contributed by atoms with van der Waals surface area (Å²) in [7, 11) is 0. The van der Waals surface area contributed by atoms with E-state index in [1.807, 2.05) is 13.8 Å². The van der Waals surface area contributed by atoms with Gasteiger partial charge in [-0.1, -0.05) is 32.9 Å². The molecule has 1 aromatic carbocycles. The SMILES string of the molecule is CC(O)c1ccc(NC(=O)NC(C)(C)CC(C)(C)C)cc1. The normalized spacial score (nSPS) is 13.7. The minimum Gasteiger partial charge on any atom is -0.389 e. The van der Waals surface area contributed by atoms with Crippen molar-refractivity contribution in [3.8, 4) is 0 Å². The second kappa shape index (κ2) is 6.48. The molecule has 0 aliphatic rings. The number of carbonyl (C=O) groups excluding carboxylic acids is 1. The van der Waals surface area contributed by atoms with E-state index in [4.69, 9.17) is 0 Å². The highest BCUT2D eigenvalue weighted by molar-refractivity contribution is 5.89. The monoisotopic (exact) mass is 292 g/mol. The van der Waals surface area contributed by atoms with Gasteiger partial charge < -0.3 is 15.7 Å². The third-order valence-electron chi connectivity index (χ3n) is 3.08. The summed E-state index contributed by atoms with van der Waals surface area (Å²) in [4.78, 5) is 12.1. The molecule has 1 rings (SSSR count). The summed E-state index contributed by atoms with van der Waals surface area (Å²) in [6.07, 6.45) is 0.382. The third kappa shape index (κ3) is 6.63. The molecule has 1 aromatic rings. The van der Waals surface area contributed by atoms with Crippen molar-refractivity contribution >= 4 is 11.7 Å². The predicted molar refractivity (Wildman–Crippen MR) is 87.4 cm³/mol. The standard InChI is InChI=1S/C17H28N2O2/c1-12(20)13-7-9-14(10-8-13)18-15(21)19-17(5,6)11-16(2,3)4/h7-10,12,20H,11H2,1-6H3,(H2,18,19,21). The van der Waals surface area contributed by atoms with Gasteiger partial charge >= 0.3 is 6.03 Å². The van der Waals surface area contributed by atoms with E-state index in [9.17, 15) is 9.90 Å². The Balaban J connectivity index is 2.61. The molecule has 3 N–H and O–H groups in total. The topological polar surface area (TPSA) is 61.4 Å². The maximum Gasteiger partial charge on any atom is 0.319 e. The van der Waals surface area contributed by atoms with Crippen LogP contribution in [-0.4, -0.2) is 16.7 Å². The first-order chi connectivity index (χ1) is 9.48. The lowest BCUT2D eigenvalue weighted by molar-refractivity contribution is 0.199. The Morgan fingerprint density at radius 1 is 1.14 bits per heavy atom. The van der Waals surface area contributed by atoms with Crippen LogP contribution in [0.25, 0.3) is 0 Å². The van der Waals surface area contributed by atoms with Gasteiger partial charge in [0.05, 0.1) is 6.10 Å². The van der Waals surface area contributed by atoms with Gasteiger partial charge in [0.2, 0.25) is 0 Å². The molecule has 0 fully saturated rings. The second-order valence-electron chi connectivity index (χ2n) is 7.50. The first kappa shape index (κ1) is 17.5. The number of benzene rings is 1. The lowest BCUT2D eigenvalue weighted by Crippen LogP contribution is -2.47. The Hall–Kier alpha value is -1.55. The fourth-order valence-electron chi connectivity index (χ4n) is 2.68. The first-order valence-electron chi connectivity index (χ1n) is 7.36. The largest absolute Gasteiger partial charge is 0.389 e. The van der Waals surface area contributed by atoms with Crippen LogP contribution in [0.4, 0.5) is 10.5 Å². The molecule has 0 aromatic heterocycles. The van der Waals surface area contributed by atoms with Crippen LogP contribution in [0, 0.1) is 5.41 Å². The molecule has 2 amide bonds. The van der Waals surface area contributed by atoms with Crippen molar-refractivity contribution in [1.82, 2.24) is 5.32 Å². The quantitative estimate of drug-likeness (QED) is 0.783. The number of carbonyl (C=O) groups is 1. The van der Waals surface area contributed by atoms with E-state index in [2.05, 4.69) is 31.4 Å². The number of aliphatic hydroxyl groups is 1. The van der Waals surface area contributed by atoms with Crippen LogP contribution in [-0.2, 0) is 0 Å². The number of aliphatic hydroxyl groups excluding tert-OH is 1. The maximum atomic E-state index is 12.1. The van der Waals surface area contributed by atoms with Crippen molar-refractivity contribution in [2.24, 2.45) is 5.41 Å². The molecule has 21 heavy (non-hydrogen) atoms.